The molecule has 0 saturated heterocycles. The Morgan fingerprint density at radius 1 is 1.33 bits per heavy atom. The highest BCUT2D eigenvalue weighted by Crippen LogP contribution is 2.20. The Kier molecular flexibility index (Phi) is 3.99. The third-order valence-corrected chi connectivity index (χ3v) is 3.06. The second-order valence-corrected chi connectivity index (χ2v) is 4.29. The van der Waals surface area contributed by atoms with Crippen molar-refractivity contribution in [1.82, 2.24) is 15.5 Å². The summed E-state index contributed by atoms with van der Waals surface area (Å²) in [4.78, 5) is 11.8. The maximum absolute atomic E-state index is 13.3. The number of carbonyl (C=O) groups excluding carboxylic acids is 1. The van der Waals surface area contributed by atoms with Crippen LogP contribution in [0.5, 0.6) is 0 Å². The van der Waals surface area contributed by atoms with Gasteiger partial charge in [0.25, 0.3) is 5.91 Å². The molecule has 0 unspecified atom stereocenters. The van der Waals surface area contributed by atoms with Crippen LogP contribution in [0.15, 0.2) is 41.0 Å². The van der Waals surface area contributed by atoms with Crippen molar-refractivity contribution in [3.8, 4) is 0 Å². The van der Waals surface area contributed by atoms with Crippen molar-refractivity contribution >= 4 is 21.8 Å². The summed E-state index contributed by atoms with van der Waals surface area (Å²) in [5.41, 5.74) is 0.886. The molecular formula is C12H9BrFN3O. The lowest BCUT2D eigenvalue weighted by Gasteiger charge is -2.06. The van der Waals surface area contributed by atoms with Gasteiger partial charge in [-0.15, -0.1) is 0 Å². The standard InChI is InChI=1S/C12H9BrFN3O/c13-11-9(4-1-5-10(11)14)12(18)15-7-8-3-2-6-16-17-8/h1-6H,7H2,(H,15,18). The number of amides is 1. The Hall–Kier alpha value is -1.82. The summed E-state index contributed by atoms with van der Waals surface area (Å²) < 4.78 is 13.4. The zero-order chi connectivity index (χ0) is 13.0. The van der Waals surface area contributed by atoms with Gasteiger partial charge < -0.3 is 5.32 Å². The van der Waals surface area contributed by atoms with Crippen LogP contribution in [0.2, 0.25) is 0 Å². The minimum absolute atomic E-state index is 0.154. The van der Waals surface area contributed by atoms with Crippen LogP contribution in [-0.2, 0) is 6.54 Å². The van der Waals surface area contributed by atoms with Crippen molar-refractivity contribution in [2.75, 3.05) is 0 Å². The minimum atomic E-state index is -0.470. The van der Waals surface area contributed by atoms with Crippen molar-refractivity contribution in [2.24, 2.45) is 0 Å². The van der Waals surface area contributed by atoms with Crippen LogP contribution in [0.1, 0.15) is 16.1 Å². The van der Waals surface area contributed by atoms with Gasteiger partial charge in [-0.05, 0) is 40.2 Å². The lowest BCUT2D eigenvalue weighted by molar-refractivity contribution is 0.0949. The summed E-state index contributed by atoms with van der Waals surface area (Å²) in [5, 5.41) is 10.2. The minimum Gasteiger partial charge on any atom is -0.346 e. The molecule has 6 heteroatoms. The molecule has 0 radical (unpaired) electrons. The molecule has 0 aliphatic rings. The molecule has 92 valence electrons. The number of nitrogens with one attached hydrogen (secondary N) is 1. The Balaban J connectivity index is 2.07. The number of carbonyl (C=O) groups is 1. The van der Waals surface area contributed by atoms with Crippen LogP contribution in [0.25, 0.3) is 0 Å². The first-order chi connectivity index (χ1) is 8.68. The number of hydrogen-bond donors (Lipinski definition) is 1. The topological polar surface area (TPSA) is 54.9 Å². The van der Waals surface area contributed by atoms with E-state index in [0.717, 1.165) is 0 Å². The zero-order valence-corrected chi connectivity index (χ0v) is 10.8. The molecule has 0 aliphatic heterocycles. The summed E-state index contributed by atoms with van der Waals surface area (Å²) in [6.45, 7) is 0.246. The van der Waals surface area contributed by atoms with Crippen molar-refractivity contribution < 1.29 is 9.18 Å². The van der Waals surface area contributed by atoms with E-state index in [1.807, 2.05) is 0 Å². The number of hydrogen-bond acceptors (Lipinski definition) is 3. The predicted molar refractivity (Wildman–Crippen MR) is 67.3 cm³/mol. The third kappa shape index (κ3) is 2.89. The molecule has 0 saturated carbocycles. The quantitative estimate of drug-likeness (QED) is 0.946. The molecule has 0 bridgehead atoms. The first kappa shape index (κ1) is 12.6. The molecule has 1 aromatic heterocycles. The third-order valence-electron chi connectivity index (χ3n) is 2.25. The SMILES string of the molecule is O=C(NCc1cccnn1)c1cccc(F)c1Br. The van der Waals surface area contributed by atoms with Gasteiger partial charge in [0.1, 0.15) is 5.82 Å². The molecule has 1 aromatic carbocycles. The van der Waals surface area contributed by atoms with Crippen LogP contribution in [0.3, 0.4) is 0 Å². The highest BCUT2D eigenvalue weighted by atomic mass is 79.9. The van der Waals surface area contributed by atoms with E-state index in [1.54, 1.807) is 24.4 Å². The molecule has 1 N–H and O–H groups in total. The second kappa shape index (κ2) is 5.68. The van der Waals surface area contributed by atoms with Gasteiger partial charge in [-0.25, -0.2) is 4.39 Å². The maximum atomic E-state index is 13.3. The highest BCUT2D eigenvalue weighted by molar-refractivity contribution is 9.10. The first-order valence-corrected chi connectivity index (χ1v) is 5.96. The zero-order valence-electron chi connectivity index (χ0n) is 9.23. The summed E-state index contributed by atoms with van der Waals surface area (Å²) in [5.74, 6) is -0.839. The molecular weight excluding hydrogens is 301 g/mol. The smallest absolute Gasteiger partial charge is 0.252 e. The fourth-order valence-electron chi connectivity index (χ4n) is 1.37. The average Bonchev–Trinajstić information content (AvgIpc) is 2.40. The van der Waals surface area contributed by atoms with E-state index in [-0.39, 0.29) is 22.5 Å². The van der Waals surface area contributed by atoms with Gasteiger partial charge in [0, 0.05) is 6.20 Å². The fourth-order valence-corrected chi connectivity index (χ4v) is 1.82. The molecule has 0 aliphatic carbocycles. The maximum Gasteiger partial charge on any atom is 0.252 e. The number of benzene rings is 1. The van der Waals surface area contributed by atoms with Crippen LogP contribution >= 0.6 is 15.9 Å². The van der Waals surface area contributed by atoms with Gasteiger partial charge in [0.15, 0.2) is 0 Å². The van der Waals surface area contributed by atoms with E-state index >= 15 is 0 Å². The molecule has 2 aromatic rings. The lowest BCUT2D eigenvalue weighted by atomic mass is 10.2. The van der Waals surface area contributed by atoms with E-state index in [1.165, 1.54) is 12.1 Å². The van der Waals surface area contributed by atoms with Gasteiger partial charge in [-0.3, -0.25) is 4.79 Å². The normalized spacial score (nSPS) is 10.1. The van der Waals surface area contributed by atoms with Gasteiger partial charge in [-0.1, -0.05) is 6.07 Å². The second-order valence-electron chi connectivity index (χ2n) is 3.50. The van der Waals surface area contributed by atoms with Gasteiger partial charge in [0.2, 0.25) is 0 Å². The lowest BCUT2D eigenvalue weighted by Crippen LogP contribution is -2.24. The monoisotopic (exact) mass is 309 g/mol. The van der Waals surface area contributed by atoms with Gasteiger partial charge in [0.05, 0.1) is 22.3 Å². The first-order valence-electron chi connectivity index (χ1n) is 5.17. The Morgan fingerprint density at radius 2 is 2.17 bits per heavy atom. The number of aromatic nitrogens is 2. The summed E-state index contributed by atoms with van der Waals surface area (Å²) in [6.07, 6.45) is 1.55. The summed E-state index contributed by atoms with van der Waals surface area (Å²) in [6, 6.07) is 7.78. The van der Waals surface area contributed by atoms with E-state index in [2.05, 4.69) is 31.4 Å². The van der Waals surface area contributed by atoms with Crippen molar-refractivity contribution in [3.63, 3.8) is 0 Å². The van der Waals surface area contributed by atoms with Crippen LogP contribution in [0, 0.1) is 5.82 Å². The summed E-state index contributed by atoms with van der Waals surface area (Å²) in [7, 11) is 0. The van der Waals surface area contributed by atoms with Crippen LogP contribution < -0.4 is 5.32 Å². The Morgan fingerprint density at radius 3 is 2.89 bits per heavy atom. The molecule has 1 amide bonds. The predicted octanol–water partition coefficient (Wildman–Crippen LogP) is 2.31. The van der Waals surface area contributed by atoms with Crippen LogP contribution in [0.4, 0.5) is 4.39 Å². The fraction of sp³-hybridized carbons (Fsp3) is 0.0833. The Labute approximate surface area is 111 Å². The molecule has 18 heavy (non-hydrogen) atoms. The van der Waals surface area contributed by atoms with E-state index in [4.69, 9.17) is 0 Å². The van der Waals surface area contributed by atoms with E-state index in [9.17, 15) is 9.18 Å². The largest absolute Gasteiger partial charge is 0.346 e. The van der Waals surface area contributed by atoms with Crippen LogP contribution in [-0.4, -0.2) is 16.1 Å². The molecule has 4 nitrogen and oxygen atoms in total. The number of halogens is 2. The van der Waals surface area contributed by atoms with Crippen molar-refractivity contribution in [1.29, 1.82) is 0 Å². The Bertz CT molecular complexity index is 563. The molecule has 0 atom stereocenters. The molecule has 0 spiro atoms. The molecule has 0 fully saturated rings. The molecule has 2 rings (SSSR count). The van der Waals surface area contributed by atoms with Crippen molar-refractivity contribution in [2.45, 2.75) is 6.54 Å². The summed E-state index contributed by atoms with van der Waals surface area (Å²) >= 11 is 3.04. The van der Waals surface area contributed by atoms with E-state index in [0.29, 0.717) is 5.69 Å². The molecule has 1 heterocycles. The number of nitrogens with zero attached hydrogens (tertiary/aromatic N) is 2. The van der Waals surface area contributed by atoms with Gasteiger partial charge >= 0.3 is 0 Å². The van der Waals surface area contributed by atoms with E-state index < -0.39 is 5.82 Å². The van der Waals surface area contributed by atoms with Gasteiger partial charge in [-0.2, -0.15) is 10.2 Å². The van der Waals surface area contributed by atoms with Crippen molar-refractivity contribution in [3.05, 3.63) is 58.1 Å². The average molecular weight is 310 g/mol. The highest BCUT2D eigenvalue weighted by Gasteiger charge is 2.12. The number of rotatable bonds is 3.